The fourth-order valence-electron chi connectivity index (χ4n) is 4.88. The molecular formula is C20H23N2O5-. The lowest BCUT2D eigenvalue weighted by molar-refractivity contribution is -0.314. The molecule has 4 rings (SSSR count). The lowest BCUT2D eigenvalue weighted by Crippen LogP contribution is -2.43. The summed E-state index contributed by atoms with van der Waals surface area (Å²) in [6, 6.07) is 6.74. The number of rotatable bonds is 4. The highest BCUT2D eigenvalue weighted by atomic mass is 16.5. The first kappa shape index (κ1) is 18.0. The van der Waals surface area contributed by atoms with Gasteiger partial charge in [0.25, 0.3) is 5.91 Å². The van der Waals surface area contributed by atoms with Crippen molar-refractivity contribution in [2.45, 2.75) is 19.3 Å². The SMILES string of the molecule is O=C([O-])[C@H]1[C@H]2CC[C@@H](C2)[C@@H]1C(=O)Nc1ccc(C(=O)N2CCOCC2)cc1. The Morgan fingerprint density at radius 2 is 1.63 bits per heavy atom. The number of carbonyl (C=O) groups is 3. The predicted octanol–water partition coefficient (Wildman–Crippen LogP) is 0.510. The van der Waals surface area contributed by atoms with Crippen LogP contribution in [0.25, 0.3) is 0 Å². The highest BCUT2D eigenvalue weighted by Crippen LogP contribution is 2.52. The molecule has 2 saturated carbocycles. The van der Waals surface area contributed by atoms with Gasteiger partial charge in [-0.1, -0.05) is 0 Å². The molecule has 3 fully saturated rings. The van der Waals surface area contributed by atoms with Gasteiger partial charge < -0.3 is 24.9 Å². The van der Waals surface area contributed by atoms with Gasteiger partial charge in [-0.3, -0.25) is 9.59 Å². The molecule has 0 spiro atoms. The molecule has 0 unspecified atom stereocenters. The van der Waals surface area contributed by atoms with Gasteiger partial charge in [-0.05, 0) is 55.4 Å². The molecular weight excluding hydrogens is 348 g/mol. The second kappa shape index (κ2) is 7.31. The third-order valence-electron chi connectivity index (χ3n) is 6.19. The van der Waals surface area contributed by atoms with E-state index in [1.54, 1.807) is 29.2 Å². The molecule has 7 nitrogen and oxygen atoms in total. The Bertz CT molecular complexity index is 741. The summed E-state index contributed by atoms with van der Waals surface area (Å²) < 4.78 is 5.26. The molecule has 4 atom stereocenters. The van der Waals surface area contributed by atoms with E-state index in [2.05, 4.69) is 5.32 Å². The van der Waals surface area contributed by atoms with Crippen molar-refractivity contribution in [3.63, 3.8) is 0 Å². The van der Waals surface area contributed by atoms with Crippen molar-refractivity contribution in [1.29, 1.82) is 0 Å². The number of carbonyl (C=O) groups excluding carboxylic acids is 3. The van der Waals surface area contributed by atoms with Crippen molar-refractivity contribution in [1.82, 2.24) is 4.90 Å². The fourth-order valence-corrected chi connectivity index (χ4v) is 4.88. The summed E-state index contributed by atoms with van der Waals surface area (Å²) in [4.78, 5) is 38.4. The van der Waals surface area contributed by atoms with Crippen molar-refractivity contribution in [3.05, 3.63) is 29.8 Å². The minimum absolute atomic E-state index is 0.0544. The van der Waals surface area contributed by atoms with Crippen LogP contribution in [-0.2, 0) is 14.3 Å². The number of aliphatic carboxylic acids is 1. The largest absolute Gasteiger partial charge is 0.550 e. The van der Waals surface area contributed by atoms with Crippen LogP contribution in [0.1, 0.15) is 29.6 Å². The van der Waals surface area contributed by atoms with Crippen LogP contribution < -0.4 is 10.4 Å². The van der Waals surface area contributed by atoms with Crippen LogP contribution in [0.4, 0.5) is 5.69 Å². The van der Waals surface area contributed by atoms with Crippen LogP contribution in [0.2, 0.25) is 0 Å². The molecule has 1 heterocycles. The number of fused-ring (bicyclic) bond motifs is 2. The summed E-state index contributed by atoms with van der Waals surface area (Å²) in [5, 5.41) is 14.3. The van der Waals surface area contributed by atoms with E-state index in [4.69, 9.17) is 4.74 Å². The number of hydrogen-bond donors (Lipinski definition) is 1. The number of carboxylic acids is 1. The van der Waals surface area contributed by atoms with Gasteiger partial charge in [0.1, 0.15) is 0 Å². The number of morpholine rings is 1. The highest BCUT2D eigenvalue weighted by molar-refractivity contribution is 5.97. The van der Waals surface area contributed by atoms with E-state index >= 15 is 0 Å². The quantitative estimate of drug-likeness (QED) is 0.831. The minimum Gasteiger partial charge on any atom is -0.550 e. The number of nitrogens with one attached hydrogen (secondary N) is 1. The molecule has 1 saturated heterocycles. The van der Waals surface area contributed by atoms with Crippen molar-refractivity contribution in [3.8, 4) is 0 Å². The maximum absolute atomic E-state index is 12.7. The number of amides is 2. The number of benzene rings is 1. The Kier molecular flexibility index (Phi) is 4.86. The normalized spacial score (nSPS) is 29.6. The van der Waals surface area contributed by atoms with Gasteiger partial charge in [-0.15, -0.1) is 0 Å². The molecule has 1 N–H and O–H groups in total. The lowest BCUT2D eigenvalue weighted by Gasteiger charge is -2.30. The maximum atomic E-state index is 12.7. The summed E-state index contributed by atoms with van der Waals surface area (Å²) >= 11 is 0. The summed E-state index contributed by atoms with van der Waals surface area (Å²) in [6.07, 6.45) is 2.56. The first-order valence-corrected chi connectivity index (χ1v) is 9.53. The average molecular weight is 371 g/mol. The Morgan fingerprint density at radius 1 is 1.00 bits per heavy atom. The van der Waals surface area contributed by atoms with Crippen LogP contribution >= 0.6 is 0 Å². The molecule has 144 valence electrons. The Balaban J connectivity index is 1.41. The van der Waals surface area contributed by atoms with Crippen LogP contribution in [-0.4, -0.2) is 49.0 Å². The standard InChI is InChI=1S/C20H24N2O5/c23-18(16-13-1-2-14(11-13)17(16)20(25)26)21-15-5-3-12(4-6-15)19(24)22-7-9-27-10-8-22/h3-6,13-14,16-17H,1-2,7-11H2,(H,21,23)(H,25,26)/p-1/t13-,14-,16-,17-/m0/s1. The molecule has 2 aliphatic carbocycles. The van der Waals surface area contributed by atoms with Gasteiger partial charge >= 0.3 is 0 Å². The van der Waals surface area contributed by atoms with E-state index in [1.807, 2.05) is 0 Å². The molecule has 3 aliphatic rings. The van der Waals surface area contributed by atoms with Gasteiger partial charge in [0.05, 0.1) is 13.2 Å². The Morgan fingerprint density at radius 3 is 2.26 bits per heavy atom. The average Bonchev–Trinajstić information content (AvgIpc) is 3.30. The van der Waals surface area contributed by atoms with Crippen LogP contribution in [0, 0.1) is 23.7 Å². The highest BCUT2D eigenvalue weighted by Gasteiger charge is 2.51. The van der Waals surface area contributed by atoms with Crippen molar-refractivity contribution >= 4 is 23.5 Å². The second-order valence-corrected chi connectivity index (χ2v) is 7.67. The van der Waals surface area contributed by atoms with Gasteiger partial charge in [0, 0.05) is 42.1 Å². The number of nitrogens with zero attached hydrogens (tertiary/aromatic N) is 1. The summed E-state index contributed by atoms with van der Waals surface area (Å²) in [5.74, 6) is -2.46. The lowest BCUT2D eigenvalue weighted by atomic mass is 9.78. The van der Waals surface area contributed by atoms with Crippen molar-refractivity contribution in [2.75, 3.05) is 31.6 Å². The Labute approximate surface area is 157 Å². The monoisotopic (exact) mass is 371 g/mol. The van der Waals surface area contributed by atoms with Crippen molar-refractivity contribution in [2.24, 2.45) is 23.7 Å². The molecule has 27 heavy (non-hydrogen) atoms. The molecule has 1 aromatic rings. The fraction of sp³-hybridized carbons (Fsp3) is 0.550. The van der Waals surface area contributed by atoms with Crippen LogP contribution in [0.3, 0.4) is 0 Å². The number of anilines is 1. The summed E-state index contributed by atoms with van der Waals surface area (Å²) in [7, 11) is 0. The molecule has 1 aliphatic heterocycles. The van der Waals surface area contributed by atoms with E-state index in [9.17, 15) is 19.5 Å². The number of ether oxygens (including phenoxy) is 1. The van der Waals surface area contributed by atoms with Crippen LogP contribution in [0.5, 0.6) is 0 Å². The number of carboxylic acid groups (broad SMARTS) is 1. The van der Waals surface area contributed by atoms with E-state index in [1.165, 1.54) is 0 Å². The molecule has 0 radical (unpaired) electrons. The zero-order chi connectivity index (χ0) is 19.0. The molecule has 2 bridgehead atoms. The first-order chi connectivity index (χ1) is 13.0. The molecule has 7 heteroatoms. The van der Waals surface area contributed by atoms with Crippen molar-refractivity contribution < 1.29 is 24.2 Å². The van der Waals surface area contributed by atoms with E-state index in [0.29, 0.717) is 37.6 Å². The maximum Gasteiger partial charge on any atom is 0.254 e. The smallest absolute Gasteiger partial charge is 0.254 e. The number of hydrogen-bond acceptors (Lipinski definition) is 5. The van der Waals surface area contributed by atoms with E-state index in [0.717, 1.165) is 19.3 Å². The zero-order valence-corrected chi connectivity index (χ0v) is 15.1. The van der Waals surface area contributed by atoms with Gasteiger partial charge in [-0.25, -0.2) is 0 Å². The molecule has 1 aromatic carbocycles. The Hall–Kier alpha value is -2.41. The summed E-state index contributed by atoms with van der Waals surface area (Å²) in [6.45, 7) is 2.24. The third kappa shape index (κ3) is 3.43. The van der Waals surface area contributed by atoms with E-state index in [-0.39, 0.29) is 23.7 Å². The predicted molar refractivity (Wildman–Crippen MR) is 94.6 cm³/mol. The van der Waals surface area contributed by atoms with Gasteiger partial charge in [-0.2, -0.15) is 0 Å². The first-order valence-electron chi connectivity index (χ1n) is 9.53. The van der Waals surface area contributed by atoms with Crippen LogP contribution in [0.15, 0.2) is 24.3 Å². The second-order valence-electron chi connectivity index (χ2n) is 7.67. The minimum atomic E-state index is -1.12. The van der Waals surface area contributed by atoms with E-state index < -0.39 is 17.8 Å². The molecule has 0 aromatic heterocycles. The van der Waals surface area contributed by atoms with Gasteiger partial charge in [0.15, 0.2) is 0 Å². The van der Waals surface area contributed by atoms with Gasteiger partial charge in [0.2, 0.25) is 5.91 Å². The molecule has 2 amide bonds. The topological polar surface area (TPSA) is 98.8 Å². The third-order valence-corrected chi connectivity index (χ3v) is 6.19. The summed E-state index contributed by atoms with van der Waals surface area (Å²) in [5.41, 5.74) is 1.13. The zero-order valence-electron chi connectivity index (χ0n) is 15.1.